The highest BCUT2D eigenvalue weighted by molar-refractivity contribution is 7.14. The first kappa shape index (κ1) is 15.5. The van der Waals surface area contributed by atoms with Crippen LogP contribution in [0.2, 0.25) is 0 Å². The van der Waals surface area contributed by atoms with Gasteiger partial charge in [0.1, 0.15) is 5.82 Å². The number of unbranched alkanes of at least 4 members (excludes halogenated alkanes) is 1. The third kappa shape index (κ3) is 5.53. The van der Waals surface area contributed by atoms with Crippen LogP contribution >= 0.6 is 11.3 Å². The molecule has 0 bridgehead atoms. The lowest BCUT2D eigenvalue weighted by Crippen LogP contribution is -1.95. The molecule has 0 saturated carbocycles. The Morgan fingerprint density at radius 2 is 2.19 bits per heavy atom. The minimum atomic E-state index is 0.505. The number of aromatic nitrogens is 1. The van der Waals surface area contributed by atoms with Crippen LogP contribution in [-0.2, 0) is 11.3 Å². The molecule has 21 heavy (non-hydrogen) atoms. The van der Waals surface area contributed by atoms with Gasteiger partial charge in [-0.3, -0.25) is 5.43 Å². The van der Waals surface area contributed by atoms with E-state index in [0.29, 0.717) is 17.6 Å². The van der Waals surface area contributed by atoms with Crippen LogP contribution in [-0.4, -0.2) is 17.8 Å². The second-order valence-corrected chi connectivity index (χ2v) is 5.45. The monoisotopic (exact) mass is 304 g/mol. The van der Waals surface area contributed by atoms with Crippen molar-refractivity contribution in [2.75, 3.05) is 17.8 Å². The van der Waals surface area contributed by atoms with Gasteiger partial charge in [-0.1, -0.05) is 37.6 Å². The second kappa shape index (κ2) is 8.39. The molecule has 112 valence electrons. The molecule has 0 aliphatic rings. The Morgan fingerprint density at radius 1 is 1.38 bits per heavy atom. The van der Waals surface area contributed by atoms with Gasteiger partial charge in [0.25, 0.3) is 0 Å². The minimum absolute atomic E-state index is 0.505. The van der Waals surface area contributed by atoms with Gasteiger partial charge in [-0.2, -0.15) is 5.10 Å². The number of nitrogens with one attached hydrogen (secondary N) is 1. The number of hydrazone groups is 1. The molecule has 0 fully saturated rings. The van der Waals surface area contributed by atoms with E-state index in [4.69, 9.17) is 10.5 Å². The highest BCUT2D eigenvalue weighted by Gasteiger charge is 1.96. The molecule has 0 aliphatic heterocycles. The van der Waals surface area contributed by atoms with Crippen LogP contribution in [0.25, 0.3) is 0 Å². The number of anilines is 2. The van der Waals surface area contributed by atoms with Crippen LogP contribution in [0.3, 0.4) is 0 Å². The highest BCUT2D eigenvalue weighted by atomic mass is 32.1. The molecule has 2 aromatic rings. The number of ether oxygens (including phenoxy) is 1. The van der Waals surface area contributed by atoms with Crippen molar-refractivity contribution < 1.29 is 4.74 Å². The third-order valence-corrected chi connectivity index (χ3v) is 3.55. The molecule has 6 heteroatoms. The molecule has 0 amide bonds. The molecule has 3 N–H and O–H groups in total. The summed E-state index contributed by atoms with van der Waals surface area (Å²) >= 11 is 1.42. The number of nitrogens with zero attached hydrogens (tertiary/aromatic N) is 2. The van der Waals surface area contributed by atoms with Crippen LogP contribution in [0, 0.1) is 0 Å². The Morgan fingerprint density at radius 3 is 2.86 bits per heavy atom. The van der Waals surface area contributed by atoms with E-state index in [0.717, 1.165) is 25.0 Å². The maximum atomic E-state index is 5.58. The summed E-state index contributed by atoms with van der Waals surface area (Å²) in [5, 5.41) is 6.58. The molecule has 0 atom stereocenters. The summed E-state index contributed by atoms with van der Waals surface area (Å²) in [6.45, 7) is 3.64. The zero-order chi connectivity index (χ0) is 14.9. The molecule has 2 rings (SSSR count). The Hall–Kier alpha value is -1.92. The summed E-state index contributed by atoms with van der Waals surface area (Å²) in [6, 6.07) is 8.13. The van der Waals surface area contributed by atoms with Gasteiger partial charge in [0.05, 0.1) is 12.8 Å². The average Bonchev–Trinajstić information content (AvgIpc) is 2.91. The summed E-state index contributed by atoms with van der Waals surface area (Å²) in [5.41, 5.74) is 10.6. The Labute approximate surface area is 128 Å². The van der Waals surface area contributed by atoms with Crippen LogP contribution in [0.15, 0.2) is 34.7 Å². The van der Waals surface area contributed by atoms with Crippen molar-refractivity contribution in [3.63, 3.8) is 0 Å². The first-order valence-electron chi connectivity index (χ1n) is 6.94. The number of thiazole rings is 1. The number of benzene rings is 1. The van der Waals surface area contributed by atoms with E-state index in [-0.39, 0.29) is 0 Å². The van der Waals surface area contributed by atoms with Crippen molar-refractivity contribution >= 4 is 28.5 Å². The summed E-state index contributed by atoms with van der Waals surface area (Å²) in [4.78, 5) is 4.06. The van der Waals surface area contributed by atoms with E-state index in [1.807, 2.05) is 12.1 Å². The van der Waals surface area contributed by atoms with E-state index in [9.17, 15) is 0 Å². The second-order valence-electron chi connectivity index (χ2n) is 4.60. The number of nitrogens with two attached hydrogens (primary N) is 1. The van der Waals surface area contributed by atoms with Crippen molar-refractivity contribution in [1.29, 1.82) is 0 Å². The lowest BCUT2D eigenvalue weighted by atomic mass is 10.1. The summed E-state index contributed by atoms with van der Waals surface area (Å²) < 4.78 is 5.58. The molecule has 0 aliphatic carbocycles. The molecular weight excluding hydrogens is 284 g/mol. The topological polar surface area (TPSA) is 72.5 Å². The summed E-state index contributed by atoms with van der Waals surface area (Å²) in [5.74, 6) is 0.505. The van der Waals surface area contributed by atoms with Gasteiger partial charge in [0.15, 0.2) is 0 Å². The Bertz CT molecular complexity index is 565. The maximum absolute atomic E-state index is 5.58. The van der Waals surface area contributed by atoms with Gasteiger partial charge in [-0.05, 0) is 17.5 Å². The Kier molecular flexibility index (Phi) is 6.18. The SMILES string of the molecule is CCCCOCc1ccc(C=NNc2nc(N)cs2)cc1. The highest BCUT2D eigenvalue weighted by Crippen LogP contribution is 2.16. The molecular formula is C15H20N4OS. The third-order valence-electron chi connectivity index (χ3n) is 2.79. The fraction of sp³-hybridized carbons (Fsp3) is 0.333. The standard InChI is InChI=1S/C15H20N4OS/c1-2-3-8-20-10-13-6-4-12(5-7-13)9-17-19-15-18-14(16)11-21-15/h4-7,9,11H,2-3,8,10,16H2,1H3,(H,18,19). The van der Waals surface area contributed by atoms with Crippen molar-refractivity contribution in [3.8, 4) is 0 Å². The van der Waals surface area contributed by atoms with Gasteiger partial charge < -0.3 is 10.5 Å². The fourth-order valence-electron chi connectivity index (χ4n) is 1.64. The predicted molar refractivity (Wildman–Crippen MR) is 88.7 cm³/mol. The van der Waals surface area contributed by atoms with Crippen LogP contribution < -0.4 is 11.2 Å². The fourth-order valence-corrected chi connectivity index (χ4v) is 2.18. The van der Waals surface area contributed by atoms with Crippen molar-refractivity contribution in [2.24, 2.45) is 5.10 Å². The zero-order valence-corrected chi connectivity index (χ0v) is 12.9. The molecule has 0 radical (unpaired) electrons. The van der Waals surface area contributed by atoms with Gasteiger partial charge in [0.2, 0.25) is 5.13 Å². The molecule has 1 aromatic heterocycles. The molecule has 1 aromatic carbocycles. The molecule has 0 spiro atoms. The normalized spacial score (nSPS) is 11.1. The van der Waals surface area contributed by atoms with Crippen molar-refractivity contribution in [3.05, 3.63) is 40.8 Å². The van der Waals surface area contributed by atoms with Gasteiger partial charge in [-0.25, -0.2) is 4.98 Å². The van der Waals surface area contributed by atoms with Gasteiger partial charge in [0, 0.05) is 12.0 Å². The minimum Gasteiger partial charge on any atom is -0.383 e. The van der Waals surface area contributed by atoms with Crippen molar-refractivity contribution in [1.82, 2.24) is 4.98 Å². The number of rotatable bonds is 8. The van der Waals surface area contributed by atoms with Crippen LogP contribution in [0.5, 0.6) is 0 Å². The molecule has 0 saturated heterocycles. The molecule has 5 nitrogen and oxygen atoms in total. The maximum Gasteiger partial charge on any atom is 0.205 e. The van der Waals surface area contributed by atoms with Gasteiger partial charge in [-0.15, -0.1) is 11.3 Å². The van der Waals surface area contributed by atoms with E-state index >= 15 is 0 Å². The lowest BCUT2D eigenvalue weighted by Gasteiger charge is -2.03. The number of nitrogen functional groups attached to an aromatic ring is 1. The van der Waals surface area contributed by atoms with E-state index in [2.05, 4.69) is 34.6 Å². The van der Waals surface area contributed by atoms with Crippen LogP contribution in [0.1, 0.15) is 30.9 Å². The largest absolute Gasteiger partial charge is 0.383 e. The lowest BCUT2D eigenvalue weighted by molar-refractivity contribution is 0.118. The van der Waals surface area contributed by atoms with E-state index < -0.39 is 0 Å². The molecule has 1 heterocycles. The van der Waals surface area contributed by atoms with Crippen molar-refractivity contribution in [2.45, 2.75) is 26.4 Å². The average molecular weight is 304 g/mol. The smallest absolute Gasteiger partial charge is 0.205 e. The molecule has 0 unspecified atom stereocenters. The number of hydrogen-bond acceptors (Lipinski definition) is 6. The Balaban J connectivity index is 1.78. The van der Waals surface area contributed by atoms with Gasteiger partial charge >= 0.3 is 0 Å². The first-order valence-corrected chi connectivity index (χ1v) is 7.82. The van der Waals surface area contributed by atoms with E-state index in [1.54, 1.807) is 11.6 Å². The zero-order valence-electron chi connectivity index (χ0n) is 12.1. The summed E-state index contributed by atoms with van der Waals surface area (Å²) in [7, 11) is 0. The quantitative estimate of drug-likeness (QED) is 0.445. The summed E-state index contributed by atoms with van der Waals surface area (Å²) in [6.07, 6.45) is 4.02. The first-order chi connectivity index (χ1) is 10.3. The predicted octanol–water partition coefficient (Wildman–Crippen LogP) is 3.49. The van der Waals surface area contributed by atoms with E-state index in [1.165, 1.54) is 16.9 Å². The van der Waals surface area contributed by atoms with Crippen LogP contribution in [0.4, 0.5) is 10.9 Å². The number of hydrogen-bond donors (Lipinski definition) is 2.